The number of nitrogens with two attached hydrogens (primary N) is 1. The highest BCUT2D eigenvalue weighted by Crippen LogP contribution is 2.50. The van der Waals surface area contributed by atoms with Gasteiger partial charge in [0.2, 0.25) is 5.91 Å². The second kappa shape index (κ2) is 4.34. The van der Waals surface area contributed by atoms with Gasteiger partial charge in [-0.15, -0.1) is 0 Å². The molecule has 1 amide bonds. The van der Waals surface area contributed by atoms with Crippen LogP contribution in [0.4, 0.5) is 0 Å². The molecule has 0 aromatic rings. The number of hydrogen-bond acceptors (Lipinski definition) is 3. The minimum absolute atomic E-state index is 0.140. The van der Waals surface area contributed by atoms with E-state index in [0.717, 1.165) is 25.4 Å². The van der Waals surface area contributed by atoms with Crippen LogP contribution in [0.1, 0.15) is 25.7 Å². The number of primary amides is 1. The number of hydrogen-bond donors (Lipinski definition) is 2. The fourth-order valence-electron chi connectivity index (χ4n) is 3.44. The molecule has 2 saturated carbocycles. The van der Waals surface area contributed by atoms with Crippen LogP contribution in [0.3, 0.4) is 0 Å². The van der Waals surface area contributed by atoms with Crippen LogP contribution >= 0.6 is 0 Å². The molecule has 3 N–H and O–H groups in total. The molecule has 0 heterocycles. The molecule has 3 atom stereocenters. The molecule has 2 bridgehead atoms. The molecule has 2 rings (SSSR count). The van der Waals surface area contributed by atoms with E-state index in [9.17, 15) is 4.79 Å². The fourth-order valence-corrected chi connectivity index (χ4v) is 3.44. The summed E-state index contributed by atoms with van der Waals surface area (Å²) in [4.78, 5) is 13.9. The van der Waals surface area contributed by atoms with Gasteiger partial charge in [-0.3, -0.25) is 4.79 Å². The van der Waals surface area contributed by atoms with Crippen LogP contribution in [0.15, 0.2) is 0 Å². The van der Waals surface area contributed by atoms with Gasteiger partial charge in [-0.25, -0.2) is 0 Å². The van der Waals surface area contributed by atoms with Gasteiger partial charge in [0.1, 0.15) is 5.54 Å². The molecule has 4 nitrogen and oxygen atoms in total. The summed E-state index contributed by atoms with van der Waals surface area (Å²) in [6.07, 6.45) is 4.61. The molecule has 0 saturated heterocycles. The van der Waals surface area contributed by atoms with Crippen LogP contribution in [0.5, 0.6) is 0 Å². The van der Waals surface area contributed by atoms with Crippen molar-refractivity contribution in [3.63, 3.8) is 0 Å². The molecule has 2 aliphatic rings. The first kappa shape index (κ1) is 11.9. The summed E-state index contributed by atoms with van der Waals surface area (Å²) in [6.45, 7) is 1.80. The lowest BCUT2D eigenvalue weighted by atomic mass is 9.80. The van der Waals surface area contributed by atoms with E-state index in [4.69, 9.17) is 5.73 Å². The summed E-state index contributed by atoms with van der Waals surface area (Å²) >= 11 is 0. The zero-order valence-corrected chi connectivity index (χ0v) is 10.3. The maximum atomic E-state index is 11.7. The first-order valence-electron chi connectivity index (χ1n) is 6.24. The van der Waals surface area contributed by atoms with Crippen molar-refractivity contribution in [1.82, 2.24) is 10.2 Å². The van der Waals surface area contributed by atoms with Crippen molar-refractivity contribution in [1.29, 1.82) is 0 Å². The number of carbonyl (C=O) groups is 1. The Morgan fingerprint density at radius 2 is 2.25 bits per heavy atom. The van der Waals surface area contributed by atoms with Crippen molar-refractivity contribution in [2.45, 2.75) is 31.2 Å². The summed E-state index contributed by atoms with van der Waals surface area (Å²) < 4.78 is 0. The highest BCUT2D eigenvalue weighted by Gasteiger charge is 2.54. The van der Waals surface area contributed by atoms with Crippen molar-refractivity contribution in [2.75, 3.05) is 27.2 Å². The van der Waals surface area contributed by atoms with Crippen LogP contribution in [-0.2, 0) is 4.79 Å². The maximum Gasteiger partial charge on any atom is 0.238 e. The number of nitrogens with one attached hydrogen (secondary N) is 1. The predicted octanol–water partition coefficient (Wildman–Crippen LogP) is 0.182. The largest absolute Gasteiger partial charge is 0.368 e. The number of likely N-dealkylation sites (N-methyl/N-ethyl adjacent to an activating group) is 1. The Balaban J connectivity index is 1.98. The van der Waals surface area contributed by atoms with Gasteiger partial charge in [0.25, 0.3) is 0 Å². The lowest BCUT2D eigenvalue weighted by molar-refractivity contribution is -0.126. The van der Waals surface area contributed by atoms with E-state index in [-0.39, 0.29) is 11.4 Å². The van der Waals surface area contributed by atoms with E-state index in [1.165, 1.54) is 19.3 Å². The Bertz CT molecular complexity index is 279. The molecule has 4 heteroatoms. The van der Waals surface area contributed by atoms with Gasteiger partial charge in [0.05, 0.1) is 0 Å². The molecule has 0 aliphatic heterocycles. The Morgan fingerprint density at radius 3 is 2.69 bits per heavy atom. The summed E-state index contributed by atoms with van der Waals surface area (Å²) in [5, 5.41) is 3.44. The third-order valence-corrected chi connectivity index (χ3v) is 4.29. The highest BCUT2D eigenvalue weighted by molar-refractivity contribution is 5.85. The Morgan fingerprint density at radius 1 is 1.50 bits per heavy atom. The number of amides is 1. The molecule has 16 heavy (non-hydrogen) atoms. The van der Waals surface area contributed by atoms with Crippen LogP contribution < -0.4 is 11.1 Å². The monoisotopic (exact) mass is 225 g/mol. The summed E-state index contributed by atoms with van der Waals surface area (Å²) in [5.41, 5.74) is 5.23. The maximum absolute atomic E-state index is 11.7. The second-order valence-corrected chi connectivity index (χ2v) is 5.65. The van der Waals surface area contributed by atoms with Crippen molar-refractivity contribution >= 4 is 5.91 Å². The molecule has 2 aliphatic carbocycles. The molecular weight excluding hydrogens is 202 g/mol. The first-order valence-corrected chi connectivity index (χ1v) is 6.24. The second-order valence-electron chi connectivity index (χ2n) is 5.65. The van der Waals surface area contributed by atoms with Crippen LogP contribution in [0.25, 0.3) is 0 Å². The number of carbonyl (C=O) groups excluding carboxylic acids is 1. The molecule has 0 aromatic heterocycles. The van der Waals surface area contributed by atoms with Gasteiger partial charge in [0, 0.05) is 13.1 Å². The van der Waals surface area contributed by atoms with Crippen LogP contribution in [0.2, 0.25) is 0 Å². The molecule has 0 spiro atoms. The molecular formula is C12H23N3O. The summed E-state index contributed by atoms with van der Waals surface area (Å²) in [7, 11) is 4.08. The molecule has 0 aromatic carbocycles. The average Bonchev–Trinajstić information content (AvgIpc) is 2.76. The summed E-state index contributed by atoms with van der Waals surface area (Å²) in [6, 6.07) is 0. The Kier molecular flexibility index (Phi) is 3.22. The molecule has 0 radical (unpaired) electrons. The van der Waals surface area contributed by atoms with Crippen molar-refractivity contribution in [3.8, 4) is 0 Å². The normalized spacial score (nSPS) is 37.2. The standard InChI is InChI=1S/C12H23N3O/c1-15(2)6-5-14-12(11(13)16)8-9-3-4-10(12)7-9/h9-10,14H,3-8H2,1-2H3,(H2,13,16). The van der Waals surface area contributed by atoms with Gasteiger partial charge in [-0.05, 0) is 45.2 Å². The summed E-state index contributed by atoms with van der Waals surface area (Å²) in [5.74, 6) is 1.07. The predicted molar refractivity (Wildman–Crippen MR) is 63.9 cm³/mol. The minimum Gasteiger partial charge on any atom is -0.368 e. The SMILES string of the molecule is CN(C)CCNC1(C(N)=O)CC2CCC1C2. The Labute approximate surface area is 97.6 Å². The van der Waals surface area contributed by atoms with E-state index in [2.05, 4.69) is 10.2 Å². The van der Waals surface area contributed by atoms with Gasteiger partial charge in [0.15, 0.2) is 0 Å². The van der Waals surface area contributed by atoms with E-state index < -0.39 is 0 Å². The zero-order valence-electron chi connectivity index (χ0n) is 10.3. The zero-order chi connectivity index (χ0) is 11.8. The third-order valence-electron chi connectivity index (χ3n) is 4.29. The van der Waals surface area contributed by atoms with Crippen LogP contribution in [0, 0.1) is 11.8 Å². The number of nitrogens with zero attached hydrogens (tertiary/aromatic N) is 1. The molecule has 2 fully saturated rings. The van der Waals surface area contributed by atoms with E-state index in [1.807, 2.05) is 14.1 Å². The van der Waals surface area contributed by atoms with Crippen LogP contribution in [-0.4, -0.2) is 43.5 Å². The van der Waals surface area contributed by atoms with E-state index in [0.29, 0.717) is 5.92 Å². The van der Waals surface area contributed by atoms with Gasteiger partial charge < -0.3 is 16.0 Å². The molecule has 92 valence electrons. The van der Waals surface area contributed by atoms with Gasteiger partial charge in [-0.2, -0.15) is 0 Å². The Hall–Kier alpha value is -0.610. The minimum atomic E-state index is -0.390. The average molecular weight is 225 g/mol. The lowest BCUT2D eigenvalue weighted by Crippen LogP contribution is -2.59. The quantitative estimate of drug-likeness (QED) is 0.702. The van der Waals surface area contributed by atoms with Gasteiger partial charge in [-0.1, -0.05) is 6.42 Å². The molecule has 3 unspecified atom stereocenters. The van der Waals surface area contributed by atoms with Crippen molar-refractivity contribution < 1.29 is 4.79 Å². The number of rotatable bonds is 5. The fraction of sp³-hybridized carbons (Fsp3) is 0.917. The smallest absolute Gasteiger partial charge is 0.238 e. The third kappa shape index (κ3) is 1.96. The number of fused-ring (bicyclic) bond motifs is 2. The van der Waals surface area contributed by atoms with Crippen molar-refractivity contribution in [3.05, 3.63) is 0 Å². The van der Waals surface area contributed by atoms with Crippen molar-refractivity contribution in [2.24, 2.45) is 17.6 Å². The van der Waals surface area contributed by atoms with E-state index in [1.54, 1.807) is 0 Å². The highest BCUT2D eigenvalue weighted by atomic mass is 16.1. The first-order chi connectivity index (χ1) is 7.54. The lowest BCUT2D eigenvalue weighted by Gasteiger charge is -2.36. The topological polar surface area (TPSA) is 58.4 Å². The van der Waals surface area contributed by atoms with E-state index >= 15 is 0 Å². The van der Waals surface area contributed by atoms with Gasteiger partial charge >= 0.3 is 0 Å².